The number of hydrogen-bond donors (Lipinski definition) is 2. The molecule has 0 unspecified atom stereocenters. The van der Waals surface area contributed by atoms with E-state index in [0.717, 1.165) is 17.0 Å². The molecule has 0 saturated heterocycles. The predicted molar refractivity (Wildman–Crippen MR) is 60.7 cm³/mol. The van der Waals surface area contributed by atoms with Crippen molar-refractivity contribution in [3.05, 3.63) is 35.0 Å². The van der Waals surface area contributed by atoms with E-state index in [0.29, 0.717) is 0 Å². The van der Waals surface area contributed by atoms with E-state index in [1.807, 2.05) is 31.3 Å². The van der Waals surface area contributed by atoms with Gasteiger partial charge in [-0.05, 0) is 37.1 Å². The lowest BCUT2D eigenvalue weighted by atomic mass is 10.1. The Balaban J connectivity index is 2.50. The number of aromatic nitrogens is 1. The summed E-state index contributed by atoms with van der Waals surface area (Å²) < 4.78 is 0. The van der Waals surface area contributed by atoms with Crippen LogP contribution >= 0.6 is 11.6 Å². The molecule has 3 N–H and O–H groups in total. The summed E-state index contributed by atoms with van der Waals surface area (Å²) in [5, 5.41) is 1.94. The van der Waals surface area contributed by atoms with E-state index in [2.05, 4.69) is 4.98 Å². The lowest BCUT2D eigenvalue weighted by Gasteiger charge is -2.02. The number of hydrogen-bond acceptors (Lipinski definition) is 1. The number of aromatic amines is 1. The van der Waals surface area contributed by atoms with Crippen molar-refractivity contribution in [3.8, 4) is 0 Å². The topological polar surface area (TPSA) is 41.8 Å². The number of benzene rings is 1. The second kappa shape index (κ2) is 3.64. The minimum atomic E-state index is 0.174. The first-order valence-electron chi connectivity index (χ1n) is 4.68. The molecule has 74 valence electrons. The van der Waals surface area contributed by atoms with E-state index in [-0.39, 0.29) is 6.04 Å². The Morgan fingerprint density at radius 3 is 3.00 bits per heavy atom. The number of halogens is 1. The molecule has 0 aliphatic heterocycles. The molecule has 0 saturated carbocycles. The van der Waals surface area contributed by atoms with Crippen LogP contribution in [0.1, 0.15) is 12.5 Å². The molecule has 3 heteroatoms. The van der Waals surface area contributed by atoms with Gasteiger partial charge >= 0.3 is 0 Å². The molecule has 0 radical (unpaired) electrons. The van der Waals surface area contributed by atoms with Gasteiger partial charge in [0.15, 0.2) is 0 Å². The maximum atomic E-state index is 5.94. The molecule has 0 aliphatic rings. The Morgan fingerprint density at radius 2 is 2.29 bits per heavy atom. The third-order valence-electron chi connectivity index (χ3n) is 2.27. The molecular formula is C11H13ClN2. The van der Waals surface area contributed by atoms with Gasteiger partial charge in [-0.2, -0.15) is 0 Å². The molecule has 1 aromatic heterocycles. The standard InChI is InChI=1S/C11H13ClN2/c1-7(13)4-8-6-14-11-3-2-9(12)5-10(8)11/h2-3,5-7,14H,4,13H2,1H3/t7-/m0/s1. The van der Waals surface area contributed by atoms with Gasteiger partial charge in [0.25, 0.3) is 0 Å². The van der Waals surface area contributed by atoms with Crippen LogP contribution in [0, 0.1) is 0 Å². The molecule has 1 atom stereocenters. The molecule has 2 aromatic rings. The first-order valence-corrected chi connectivity index (χ1v) is 5.05. The van der Waals surface area contributed by atoms with Gasteiger partial charge in [0.05, 0.1) is 0 Å². The van der Waals surface area contributed by atoms with Gasteiger partial charge in [0.2, 0.25) is 0 Å². The van der Waals surface area contributed by atoms with Crippen molar-refractivity contribution < 1.29 is 0 Å². The minimum Gasteiger partial charge on any atom is -0.361 e. The minimum absolute atomic E-state index is 0.174. The summed E-state index contributed by atoms with van der Waals surface area (Å²) in [6.07, 6.45) is 2.88. The molecule has 14 heavy (non-hydrogen) atoms. The van der Waals surface area contributed by atoms with Crippen molar-refractivity contribution in [3.63, 3.8) is 0 Å². The summed E-state index contributed by atoms with van der Waals surface area (Å²) in [5.41, 5.74) is 8.12. The number of nitrogens with two attached hydrogens (primary N) is 1. The van der Waals surface area contributed by atoms with E-state index in [4.69, 9.17) is 17.3 Å². The fourth-order valence-electron chi connectivity index (χ4n) is 1.67. The maximum Gasteiger partial charge on any atom is 0.0457 e. The Labute approximate surface area is 88.1 Å². The highest BCUT2D eigenvalue weighted by atomic mass is 35.5. The van der Waals surface area contributed by atoms with Crippen LogP contribution in [0.2, 0.25) is 5.02 Å². The van der Waals surface area contributed by atoms with Crippen LogP contribution in [-0.2, 0) is 6.42 Å². The Morgan fingerprint density at radius 1 is 1.50 bits per heavy atom. The zero-order chi connectivity index (χ0) is 10.1. The Hall–Kier alpha value is -0.990. The van der Waals surface area contributed by atoms with E-state index < -0.39 is 0 Å². The fourth-order valence-corrected chi connectivity index (χ4v) is 1.84. The smallest absolute Gasteiger partial charge is 0.0457 e. The number of H-pyrrole nitrogens is 1. The molecule has 0 spiro atoms. The van der Waals surface area contributed by atoms with Crippen molar-refractivity contribution in [2.45, 2.75) is 19.4 Å². The maximum absolute atomic E-state index is 5.94. The lowest BCUT2D eigenvalue weighted by Crippen LogP contribution is -2.17. The lowest BCUT2D eigenvalue weighted by molar-refractivity contribution is 0.741. The van der Waals surface area contributed by atoms with Gasteiger partial charge in [-0.1, -0.05) is 11.6 Å². The van der Waals surface area contributed by atoms with E-state index in [9.17, 15) is 0 Å². The van der Waals surface area contributed by atoms with Gasteiger partial charge in [-0.3, -0.25) is 0 Å². The van der Waals surface area contributed by atoms with Gasteiger partial charge in [-0.25, -0.2) is 0 Å². The van der Waals surface area contributed by atoms with Gasteiger partial charge in [0, 0.05) is 28.2 Å². The van der Waals surface area contributed by atoms with Crippen molar-refractivity contribution in [2.75, 3.05) is 0 Å². The molecule has 0 bridgehead atoms. The van der Waals surface area contributed by atoms with Crippen molar-refractivity contribution in [2.24, 2.45) is 5.73 Å². The fraction of sp³-hybridized carbons (Fsp3) is 0.273. The second-order valence-corrected chi connectivity index (χ2v) is 4.12. The zero-order valence-corrected chi connectivity index (χ0v) is 8.81. The van der Waals surface area contributed by atoms with Gasteiger partial charge in [0.1, 0.15) is 0 Å². The molecule has 0 fully saturated rings. The molecular weight excluding hydrogens is 196 g/mol. The SMILES string of the molecule is C[C@H](N)Cc1c[nH]c2ccc(Cl)cc12. The molecule has 0 amide bonds. The van der Waals surface area contributed by atoms with Crippen molar-refractivity contribution in [1.29, 1.82) is 0 Å². The normalized spacial score (nSPS) is 13.4. The number of nitrogens with one attached hydrogen (secondary N) is 1. The summed E-state index contributed by atoms with van der Waals surface area (Å²) in [4.78, 5) is 3.21. The van der Waals surface area contributed by atoms with Crippen LogP contribution in [0.25, 0.3) is 10.9 Å². The average molecular weight is 209 g/mol. The first kappa shape index (κ1) is 9.56. The highest BCUT2D eigenvalue weighted by Gasteiger charge is 2.05. The monoisotopic (exact) mass is 208 g/mol. The summed E-state index contributed by atoms with van der Waals surface area (Å²) in [6, 6.07) is 6.02. The number of fused-ring (bicyclic) bond motifs is 1. The van der Waals surface area contributed by atoms with Gasteiger partial charge in [-0.15, -0.1) is 0 Å². The summed E-state index contributed by atoms with van der Waals surface area (Å²) in [7, 11) is 0. The molecule has 0 aliphatic carbocycles. The average Bonchev–Trinajstić information content (AvgIpc) is 2.47. The van der Waals surface area contributed by atoms with Crippen LogP contribution in [-0.4, -0.2) is 11.0 Å². The first-order chi connectivity index (χ1) is 6.66. The highest BCUT2D eigenvalue weighted by molar-refractivity contribution is 6.31. The molecule has 1 heterocycles. The second-order valence-electron chi connectivity index (χ2n) is 3.69. The summed E-state index contributed by atoms with van der Waals surface area (Å²) >= 11 is 5.94. The van der Waals surface area contributed by atoms with Crippen LogP contribution < -0.4 is 5.73 Å². The number of rotatable bonds is 2. The molecule has 2 rings (SSSR count). The summed E-state index contributed by atoms with van der Waals surface area (Å²) in [6.45, 7) is 2.00. The van der Waals surface area contributed by atoms with Crippen LogP contribution in [0.4, 0.5) is 0 Å². The van der Waals surface area contributed by atoms with Gasteiger partial charge < -0.3 is 10.7 Å². The van der Waals surface area contributed by atoms with E-state index >= 15 is 0 Å². The van der Waals surface area contributed by atoms with Crippen molar-refractivity contribution in [1.82, 2.24) is 4.98 Å². The van der Waals surface area contributed by atoms with E-state index in [1.165, 1.54) is 10.9 Å². The van der Waals surface area contributed by atoms with Crippen LogP contribution in [0.15, 0.2) is 24.4 Å². The largest absolute Gasteiger partial charge is 0.361 e. The Kier molecular flexibility index (Phi) is 2.48. The zero-order valence-electron chi connectivity index (χ0n) is 8.05. The molecule has 2 nitrogen and oxygen atoms in total. The predicted octanol–water partition coefficient (Wildman–Crippen LogP) is 2.71. The third-order valence-corrected chi connectivity index (χ3v) is 2.51. The highest BCUT2D eigenvalue weighted by Crippen LogP contribution is 2.22. The Bertz CT molecular complexity index is 445. The van der Waals surface area contributed by atoms with Crippen molar-refractivity contribution >= 4 is 22.5 Å². The quantitative estimate of drug-likeness (QED) is 0.783. The molecule has 1 aromatic carbocycles. The van der Waals surface area contributed by atoms with E-state index in [1.54, 1.807) is 0 Å². The van der Waals surface area contributed by atoms with Crippen LogP contribution in [0.3, 0.4) is 0 Å². The summed E-state index contributed by atoms with van der Waals surface area (Å²) in [5.74, 6) is 0. The third kappa shape index (κ3) is 1.76. The van der Waals surface area contributed by atoms with Crippen LogP contribution in [0.5, 0.6) is 0 Å².